The van der Waals surface area contributed by atoms with Crippen molar-refractivity contribution in [3.8, 4) is 11.1 Å². The summed E-state index contributed by atoms with van der Waals surface area (Å²) in [5, 5.41) is 0. The molecular weight excluding hydrogens is 372 g/mol. The van der Waals surface area contributed by atoms with Gasteiger partial charge in [-0.15, -0.1) is 0 Å². The molecule has 0 saturated heterocycles. The molecule has 0 aliphatic heterocycles. The van der Waals surface area contributed by atoms with E-state index in [4.69, 9.17) is 0 Å². The van der Waals surface area contributed by atoms with Crippen LogP contribution < -0.4 is 0 Å². The van der Waals surface area contributed by atoms with Crippen molar-refractivity contribution in [2.75, 3.05) is 0 Å². The molecule has 0 aromatic heterocycles. The molecule has 5 rings (SSSR count). The van der Waals surface area contributed by atoms with Gasteiger partial charge in [0, 0.05) is 0 Å². The van der Waals surface area contributed by atoms with Gasteiger partial charge in [0.2, 0.25) is 0 Å². The van der Waals surface area contributed by atoms with Crippen LogP contribution >= 0.6 is 0 Å². The summed E-state index contributed by atoms with van der Waals surface area (Å²) in [5.41, 5.74) is 10.6. The molecule has 0 bridgehead atoms. The Morgan fingerprint density at radius 3 is 1.58 bits per heavy atom. The van der Waals surface area contributed by atoms with Gasteiger partial charge in [-0.3, -0.25) is 0 Å². The lowest BCUT2D eigenvalue weighted by atomic mass is 9.67. The van der Waals surface area contributed by atoms with Crippen LogP contribution in [-0.2, 0) is 5.41 Å². The third-order valence-electron chi connectivity index (χ3n) is 6.40. The summed E-state index contributed by atoms with van der Waals surface area (Å²) in [6, 6.07) is 36.1. The second kappa shape index (κ2) is 8.55. The van der Waals surface area contributed by atoms with E-state index in [1.807, 2.05) is 0 Å². The molecule has 4 aromatic carbocycles. The zero-order valence-corrected chi connectivity index (χ0v) is 17.3. The van der Waals surface area contributed by atoms with Crippen LogP contribution in [0.5, 0.6) is 0 Å². The summed E-state index contributed by atoms with van der Waals surface area (Å²) >= 11 is 0. The van der Waals surface area contributed by atoms with Crippen molar-refractivity contribution < 1.29 is 0 Å². The highest BCUT2D eigenvalue weighted by molar-refractivity contribution is 5.86. The van der Waals surface area contributed by atoms with Crippen LogP contribution in [0.4, 0.5) is 0 Å². The van der Waals surface area contributed by atoms with Crippen LogP contribution in [0.3, 0.4) is 0 Å². The first-order valence-electron chi connectivity index (χ1n) is 10.5. The Labute approximate surface area is 188 Å². The van der Waals surface area contributed by atoms with Gasteiger partial charge in [0.1, 0.15) is 0 Å². The molecule has 0 unspecified atom stereocenters. The summed E-state index contributed by atoms with van der Waals surface area (Å²) in [6.07, 6.45) is 0. The maximum Gasteiger partial charge on any atom is 0.0713 e. The molecule has 0 nitrogen and oxygen atoms in total. The lowest BCUT2D eigenvalue weighted by Gasteiger charge is -2.34. The molecule has 158 valence electrons. The number of rotatable bonds is 3. The molecule has 0 heteroatoms. The molecule has 0 radical (unpaired) electrons. The number of hydrogen-bond donors (Lipinski definition) is 0. The predicted octanol–water partition coefficient (Wildman–Crippen LogP) is 8.75. The molecule has 0 saturated carbocycles. The van der Waals surface area contributed by atoms with Gasteiger partial charge in [-0.2, -0.15) is 0 Å². The Kier molecular flexibility index (Phi) is 6.23. The van der Waals surface area contributed by atoms with E-state index in [1.54, 1.807) is 0 Å². The molecular formula is C31H34. The molecule has 31 heavy (non-hydrogen) atoms. The zero-order chi connectivity index (χ0) is 20.0. The van der Waals surface area contributed by atoms with Gasteiger partial charge in [-0.25, -0.2) is 0 Å². The Hall–Kier alpha value is -3.12. The fourth-order valence-corrected chi connectivity index (χ4v) is 4.98. The number of benzene rings is 4. The van der Waals surface area contributed by atoms with Crippen molar-refractivity contribution in [3.05, 3.63) is 130 Å². The van der Waals surface area contributed by atoms with E-state index in [1.165, 1.54) is 44.5 Å². The van der Waals surface area contributed by atoms with E-state index < -0.39 is 0 Å². The van der Waals surface area contributed by atoms with Crippen molar-refractivity contribution in [3.63, 3.8) is 0 Å². The molecule has 0 atom stereocenters. The quantitative estimate of drug-likeness (QED) is 0.281. The molecule has 0 N–H and O–H groups in total. The van der Waals surface area contributed by atoms with Gasteiger partial charge in [-0.05, 0) is 51.8 Å². The van der Waals surface area contributed by atoms with Crippen LogP contribution in [0.15, 0.2) is 97.1 Å². The largest absolute Gasteiger partial charge is 0.0776 e. The SMILES string of the molecule is C.C.Cc1ccc2c(c1)C(c1ccccc1)(c1ccccc1)c1cc(C(C)C)ccc1-2. The van der Waals surface area contributed by atoms with Crippen molar-refractivity contribution in [2.24, 2.45) is 0 Å². The highest BCUT2D eigenvalue weighted by Crippen LogP contribution is 2.56. The topological polar surface area (TPSA) is 0 Å². The van der Waals surface area contributed by atoms with Gasteiger partial charge in [0.05, 0.1) is 5.41 Å². The first kappa shape index (κ1) is 22.6. The molecule has 1 aliphatic rings. The fourth-order valence-electron chi connectivity index (χ4n) is 4.98. The molecule has 0 heterocycles. The van der Waals surface area contributed by atoms with Gasteiger partial charge < -0.3 is 0 Å². The normalized spacial score (nSPS) is 13.0. The van der Waals surface area contributed by atoms with Crippen LogP contribution in [0.1, 0.15) is 68.0 Å². The van der Waals surface area contributed by atoms with Gasteiger partial charge in [0.15, 0.2) is 0 Å². The maximum atomic E-state index is 2.45. The summed E-state index contributed by atoms with van der Waals surface area (Å²) in [4.78, 5) is 0. The number of fused-ring (bicyclic) bond motifs is 3. The van der Waals surface area contributed by atoms with Crippen LogP contribution in [0, 0.1) is 6.92 Å². The third kappa shape index (κ3) is 3.31. The van der Waals surface area contributed by atoms with E-state index in [2.05, 4.69) is 118 Å². The maximum absolute atomic E-state index is 2.45. The summed E-state index contributed by atoms with van der Waals surface area (Å²) in [6.45, 7) is 6.75. The monoisotopic (exact) mass is 406 g/mol. The minimum atomic E-state index is -0.288. The van der Waals surface area contributed by atoms with Crippen molar-refractivity contribution in [1.29, 1.82) is 0 Å². The second-order valence-corrected chi connectivity index (χ2v) is 8.49. The summed E-state index contributed by atoms with van der Waals surface area (Å²) in [5.74, 6) is 0.495. The van der Waals surface area contributed by atoms with Crippen molar-refractivity contribution >= 4 is 0 Å². The molecule has 1 aliphatic carbocycles. The van der Waals surface area contributed by atoms with Gasteiger partial charge in [0.25, 0.3) is 0 Å². The molecule has 0 fully saturated rings. The van der Waals surface area contributed by atoms with E-state index >= 15 is 0 Å². The van der Waals surface area contributed by atoms with Crippen LogP contribution in [0.2, 0.25) is 0 Å². The third-order valence-corrected chi connectivity index (χ3v) is 6.40. The number of aryl methyl sites for hydroxylation is 1. The van der Waals surface area contributed by atoms with E-state index in [9.17, 15) is 0 Å². The zero-order valence-electron chi connectivity index (χ0n) is 17.3. The molecule has 0 spiro atoms. The fraction of sp³-hybridized carbons (Fsp3) is 0.226. The lowest BCUT2D eigenvalue weighted by Crippen LogP contribution is -2.28. The first-order chi connectivity index (χ1) is 14.1. The van der Waals surface area contributed by atoms with Crippen LogP contribution in [0.25, 0.3) is 11.1 Å². The highest BCUT2D eigenvalue weighted by Gasteiger charge is 2.46. The average molecular weight is 407 g/mol. The lowest BCUT2D eigenvalue weighted by molar-refractivity contribution is 0.761. The summed E-state index contributed by atoms with van der Waals surface area (Å²) < 4.78 is 0. The smallest absolute Gasteiger partial charge is 0.0713 e. The highest BCUT2D eigenvalue weighted by atomic mass is 14.5. The Balaban J connectivity index is 0.00000136. The average Bonchev–Trinajstić information content (AvgIpc) is 3.04. The van der Waals surface area contributed by atoms with Gasteiger partial charge in [-0.1, -0.05) is 131 Å². The summed E-state index contributed by atoms with van der Waals surface area (Å²) in [7, 11) is 0. The minimum absolute atomic E-state index is 0. The van der Waals surface area contributed by atoms with E-state index in [-0.39, 0.29) is 20.3 Å². The van der Waals surface area contributed by atoms with Crippen LogP contribution in [-0.4, -0.2) is 0 Å². The van der Waals surface area contributed by atoms with Gasteiger partial charge >= 0.3 is 0 Å². The Morgan fingerprint density at radius 2 is 1.06 bits per heavy atom. The number of hydrogen-bond acceptors (Lipinski definition) is 0. The predicted molar refractivity (Wildman–Crippen MR) is 136 cm³/mol. The van der Waals surface area contributed by atoms with Crippen molar-refractivity contribution in [1.82, 2.24) is 0 Å². The Morgan fingerprint density at radius 1 is 0.581 bits per heavy atom. The minimum Gasteiger partial charge on any atom is -0.0776 e. The van der Waals surface area contributed by atoms with E-state index in [0.29, 0.717) is 5.92 Å². The van der Waals surface area contributed by atoms with E-state index in [0.717, 1.165) is 0 Å². The standard InChI is InChI=1S/C29H26.2CH4/c1-20(2)22-15-17-26-25-16-14-21(3)18-27(25)29(28(26)19-22,23-10-6-4-7-11-23)24-12-8-5-9-13-24;;/h4-20H,1-3H3;2*1H4. The molecule has 0 amide bonds. The Bertz CT molecular complexity index is 1130. The first-order valence-corrected chi connectivity index (χ1v) is 10.5. The molecule has 4 aromatic rings. The van der Waals surface area contributed by atoms with Crippen molar-refractivity contribution in [2.45, 2.75) is 47.0 Å². The second-order valence-electron chi connectivity index (χ2n) is 8.49.